The van der Waals surface area contributed by atoms with Crippen LogP contribution in [0.4, 0.5) is 0 Å². The van der Waals surface area contributed by atoms with Crippen LogP contribution < -0.4 is 16.0 Å². The summed E-state index contributed by atoms with van der Waals surface area (Å²) in [7, 11) is 3.43. The van der Waals surface area contributed by atoms with Gasteiger partial charge in [-0.15, -0.1) is 0 Å². The van der Waals surface area contributed by atoms with Gasteiger partial charge in [0, 0.05) is 51.4 Å². The van der Waals surface area contributed by atoms with Crippen LogP contribution in [0, 0.1) is 0 Å². The first-order chi connectivity index (χ1) is 13.0. The molecule has 1 aromatic carbocycles. The Hall–Kier alpha value is -2.12. The first-order valence-corrected chi connectivity index (χ1v) is 9.64. The van der Waals surface area contributed by atoms with Gasteiger partial charge in [-0.3, -0.25) is 14.7 Å². The van der Waals surface area contributed by atoms with Gasteiger partial charge in [0.1, 0.15) is 0 Å². The van der Waals surface area contributed by atoms with E-state index in [0.717, 1.165) is 50.8 Å². The highest BCUT2D eigenvalue weighted by Gasteiger charge is 2.23. The Morgan fingerprint density at radius 1 is 1.41 bits per heavy atom. The lowest BCUT2D eigenvalue weighted by Gasteiger charge is -2.38. The van der Waals surface area contributed by atoms with Crippen molar-refractivity contribution in [3.8, 4) is 0 Å². The first-order valence-electron chi connectivity index (χ1n) is 9.64. The maximum absolute atomic E-state index is 11.7. The van der Waals surface area contributed by atoms with Gasteiger partial charge in [0.05, 0.1) is 13.2 Å². The molecule has 150 valence electrons. The quantitative estimate of drug-likeness (QED) is 0.487. The number of rotatable bonds is 7. The summed E-state index contributed by atoms with van der Waals surface area (Å²) in [6.07, 6.45) is 0.821. The van der Waals surface area contributed by atoms with Gasteiger partial charge in [0.15, 0.2) is 5.96 Å². The van der Waals surface area contributed by atoms with Crippen molar-refractivity contribution in [1.82, 2.24) is 20.9 Å². The molecule has 2 atom stereocenters. The lowest BCUT2D eigenvalue weighted by molar-refractivity contribution is -0.0174. The summed E-state index contributed by atoms with van der Waals surface area (Å²) in [5.74, 6) is 0.735. The van der Waals surface area contributed by atoms with Gasteiger partial charge in [-0.05, 0) is 38.0 Å². The number of hydrogen-bond acceptors (Lipinski definition) is 4. The van der Waals surface area contributed by atoms with Gasteiger partial charge in [-0.2, -0.15) is 0 Å². The Morgan fingerprint density at radius 3 is 2.93 bits per heavy atom. The van der Waals surface area contributed by atoms with Gasteiger partial charge in [0.25, 0.3) is 5.91 Å². The molecular formula is C20H33N5O2. The zero-order valence-electron chi connectivity index (χ0n) is 16.9. The summed E-state index contributed by atoms with van der Waals surface area (Å²) in [6, 6.07) is 8.55. The standard InChI is InChI=1S/C20H33N5O2/c1-15(25-10-11-27-14-16(25)2)13-24-20(22-4)23-9-8-17-6-5-7-18(12-17)19(26)21-3/h5-7,12,15-16H,8-11,13-14H2,1-4H3,(H,21,26)(H2,22,23,24). The summed E-state index contributed by atoms with van der Waals surface area (Å²) in [5, 5.41) is 9.40. The fourth-order valence-corrected chi connectivity index (χ4v) is 3.31. The number of nitrogens with zero attached hydrogens (tertiary/aromatic N) is 2. The van der Waals surface area contributed by atoms with E-state index in [1.807, 2.05) is 24.3 Å². The summed E-state index contributed by atoms with van der Waals surface area (Å²) >= 11 is 0. The second-order valence-corrected chi connectivity index (χ2v) is 6.92. The molecule has 0 aromatic heterocycles. The van der Waals surface area contributed by atoms with E-state index >= 15 is 0 Å². The zero-order valence-corrected chi connectivity index (χ0v) is 16.9. The highest BCUT2D eigenvalue weighted by Crippen LogP contribution is 2.10. The number of carbonyl (C=O) groups excluding carboxylic acids is 1. The van der Waals surface area contributed by atoms with Crippen molar-refractivity contribution in [3.05, 3.63) is 35.4 Å². The highest BCUT2D eigenvalue weighted by atomic mass is 16.5. The molecule has 7 nitrogen and oxygen atoms in total. The highest BCUT2D eigenvalue weighted by molar-refractivity contribution is 5.94. The first kappa shape index (κ1) is 21.2. The van der Waals surface area contributed by atoms with Crippen LogP contribution in [0.15, 0.2) is 29.3 Å². The molecule has 2 rings (SSSR count). The van der Waals surface area contributed by atoms with Gasteiger partial charge in [-0.1, -0.05) is 12.1 Å². The van der Waals surface area contributed by atoms with Crippen molar-refractivity contribution in [2.24, 2.45) is 4.99 Å². The molecule has 27 heavy (non-hydrogen) atoms. The average Bonchev–Trinajstić information content (AvgIpc) is 2.70. The van der Waals surface area contributed by atoms with E-state index in [-0.39, 0.29) is 5.91 Å². The third-order valence-corrected chi connectivity index (χ3v) is 4.90. The number of morpholine rings is 1. The Bertz CT molecular complexity index is 635. The number of guanidine groups is 1. The molecule has 0 spiro atoms. The van der Waals surface area contributed by atoms with Crippen LogP contribution in [-0.4, -0.2) is 75.8 Å². The Morgan fingerprint density at radius 2 is 2.22 bits per heavy atom. The number of ether oxygens (including phenoxy) is 1. The molecule has 1 fully saturated rings. The smallest absolute Gasteiger partial charge is 0.251 e. The molecule has 0 saturated carbocycles. The molecule has 1 amide bonds. The molecule has 1 heterocycles. The van der Waals surface area contributed by atoms with Crippen LogP contribution >= 0.6 is 0 Å². The van der Waals surface area contributed by atoms with Gasteiger partial charge < -0.3 is 20.7 Å². The van der Waals surface area contributed by atoms with Crippen LogP contribution in [-0.2, 0) is 11.2 Å². The minimum absolute atomic E-state index is 0.0615. The molecule has 2 unspecified atom stereocenters. The second kappa shape index (κ2) is 10.9. The number of carbonyl (C=O) groups is 1. The topological polar surface area (TPSA) is 78.0 Å². The van der Waals surface area contributed by atoms with Crippen molar-refractivity contribution in [2.75, 3.05) is 46.9 Å². The zero-order chi connectivity index (χ0) is 19.6. The molecule has 3 N–H and O–H groups in total. The molecular weight excluding hydrogens is 342 g/mol. The van der Waals surface area contributed by atoms with Gasteiger partial charge in [0.2, 0.25) is 0 Å². The number of amides is 1. The molecule has 0 aliphatic carbocycles. The number of hydrogen-bond donors (Lipinski definition) is 3. The van der Waals surface area contributed by atoms with Crippen LogP contribution in [0.3, 0.4) is 0 Å². The number of nitrogens with one attached hydrogen (secondary N) is 3. The number of benzene rings is 1. The third kappa shape index (κ3) is 6.52. The van der Waals surface area contributed by atoms with Gasteiger partial charge in [-0.25, -0.2) is 0 Å². The monoisotopic (exact) mass is 375 g/mol. The van der Waals surface area contributed by atoms with E-state index < -0.39 is 0 Å². The van der Waals surface area contributed by atoms with E-state index in [1.54, 1.807) is 14.1 Å². The summed E-state index contributed by atoms with van der Waals surface area (Å²) in [5.41, 5.74) is 1.81. The lowest BCUT2D eigenvalue weighted by atomic mass is 10.1. The minimum atomic E-state index is -0.0615. The van der Waals surface area contributed by atoms with Crippen LogP contribution in [0.1, 0.15) is 29.8 Å². The number of aliphatic imine (C=N–C) groups is 1. The van der Waals surface area contributed by atoms with E-state index in [4.69, 9.17) is 4.74 Å². The van der Waals surface area contributed by atoms with Crippen molar-refractivity contribution < 1.29 is 9.53 Å². The van der Waals surface area contributed by atoms with Crippen LogP contribution in [0.2, 0.25) is 0 Å². The SMILES string of the molecule is CN=C(NCCc1cccc(C(=O)NC)c1)NCC(C)N1CCOCC1C. The van der Waals surface area contributed by atoms with Gasteiger partial charge >= 0.3 is 0 Å². The normalized spacial score (nSPS) is 19.4. The van der Waals surface area contributed by atoms with Crippen molar-refractivity contribution in [3.63, 3.8) is 0 Å². The van der Waals surface area contributed by atoms with E-state index in [2.05, 4.69) is 39.7 Å². The molecule has 1 saturated heterocycles. The predicted molar refractivity (Wildman–Crippen MR) is 109 cm³/mol. The van der Waals surface area contributed by atoms with Crippen molar-refractivity contribution >= 4 is 11.9 Å². The summed E-state index contributed by atoms with van der Waals surface area (Å²) in [4.78, 5) is 18.5. The van der Waals surface area contributed by atoms with Crippen molar-refractivity contribution in [2.45, 2.75) is 32.4 Å². The Balaban J connectivity index is 1.76. The predicted octanol–water partition coefficient (Wildman–Crippen LogP) is 0.863. The Labute approximate surface area is 162 Å². The molecule has 0 radical (unpaired) electrons. The summed E-state index contributed by atoms with van der Waals surface area (Å²) < 4.78 is 5.51. The molecule has 7 heteroatoms. The molecule has 1 aliphatic rings. The average molecular weight is 376 g/mol. The largest absolute Gasteiger partial charge is 0.379 e. The molecule has 1 aliphatic heterocycles. The van der Waals surface area contributed by atoms with E-state index in [0.29, 0.717) is 17.6 Å². The van der Waals surface area contributed by atoms with Crippen molar-refractivity contribution in [1.29, 1.82) is 0 Å². The molecule has 1 aromatic rings. The fourth-order valence-electron chi connectivity index (χ4n) is 3.31. The van der Waals surface area contributed by atoms with E-state index in [1.165, 1.54) is 0 Å². The lowest BCUT2D eigenvalue weighted by Crippen LogP contribution is -2.53. The second-order valence-electron chi connectivity index (χ2n) is 6.92. The minimum Gasteiger partial charge on any atom is -0.379 e. The summed E-state index contributed by atoms with van der Waals surface area (Å²) in [6.45, 7) is 8.58. The Kier molecular flexibility index (Phi) is 8.54. The van der Waals surface area contributed by atoms with Crippen LogP contribution in [0.5, 0.6) is 0 Å². The maximum atomic E-state index is 11.7. The van der Waals surface area contributed by atoms with Crippen LogP contribution in [0.25, 0.3) is 0 Å². The molecule has 0 bridgehead atoms. The third-order valence-electron chi connectivity index (χ3n) is 4.90. The maximum Gasteiger partial charge on any atom is 0.251 e. The van der Waals surface area contributed by atoms with E-state index in [9.17, 15) is 4.79 Å². The fraction of sp³-hybridized carbons (Fsp3) is 0.600.